The van der Waals surface area contributed by atoms with Crippen LogP contribution in [0, 0.1) is 0 Å². The lowest BCUT2D eigenvalue weighted by molar-refractivity contribution is -0.745. The van der Waals surface area contributed by atoms with Crippen molar-refractivity contribution in [3.63, 3.8) is 0 Å². The molecule has 0 aromatic carbocycles. The zero-order chi connectivity index (χ0) is 15.3. The molecule has 1 saturated heterocycles. The van der Waals surface area contributed by atoms with Gasteiger partial charge in [0.15, 0.2) is 6.33 Å². The molecule has 4 atom stereocenters. The van der Waals surface area contributed by atoms with E-state index < -0.39 is 24.5 Å². The number of fused-ring (bicyclic) bond motifs is 1. The number of rotatable bonds is 2. The lowest BCUT2D eigenvalue weighted by Gasteiger charge is -2.11. The molecule has 0 spiro atoms. The maximum absolute atomic E-state index is 12.0. The third-order valence-corrected chi connectivity index (χ3v) is 4.42. The molecule has 0 amide bonds. The van der Waals surface area contributed by atoms with E-state index in [4.69, 9.17) is 10.5 Å². The third-order valence-electron chi connectivity index (χ3n) is 3.55. The number of aryl methyl sites for hydroxylation is 1. The molecular formula is C11H15IN5O4+. The molecule has 0 unspecified atom stereocenters. The predicted molar refractivity (Wildman–Crippen MR) is 80.8 cm³/mol. The van der Waals surface area contributed by atoms with Crippen molar-refractivity contribution in [1.29, 1.82) is 0 Å². The summed E-state index contributed by atoms with van der Waals surface area (Å²) in [6, 6.07) is 0. The maximum atomic E-state index is 12.0. The van der Waals surface area contributed by atoms with E-state index in [0.717, 1.165) is 0 Å². The Kier molecular flexibility index (Phi) is 3.63. The van der Waals surface area contributed by atoms with E-state index in [1.54, 1.807) is 17.9 Å². The van der Waals surface area contributed by atoms with Crippen LogP contribution in [-0.2, 0) is 11.8 Å². The first-order valence-electron chi connectivity index (χ1n) is 6.27. The van der Waals surface area contributed by atoms with E-state index in [1.165, 1.54) is 4.57 Å². The van der Waals surface area contributed by atoms with Crippen LogP contribution < -0.4 is 15.9 Å². The van der Waals surface area contributed by atoms with Gasteiger partial charge in [-0.25, -0.2) is 4.57 Å². The van der Waals surface area contributed by atoms with Crippen LogP contribution >= 0.6 is 22.6 Å². The van der Waals surface area contributed by atoms with E-state index in [9.17, 15) is 15.0 Å². The number of alkyl halides is 1. The van der Waals surface area contributed by atoms with Crippen molar-refractivity contribution in [3.05, 3.63) is 16.7 Å². The average molecular weight is 408 g/mol. The molecule has 3 rings (SSSR count). The summed E-state index contributed by atoms with van der Waals surface area (Å²) in [6.45, 7) is 0. The summed E-state index contributed by atoms with van der Waals surface area (Å²) in [7, 11) is 1.68. The maximum Gasteiger partial charge on any atom is 0.313 e. The van der Waals surface area contributed by atoms with Gasteiger partial charge in [-0.1, -0.05) is 27.6 Å². The van der Waals surface area contributed by atoms with Gasteiger partial charge in [0, 0.05) is 4.43 Å². The molecule has 5 N–H and O–H groups in total. The van der Waals surface area contributed by atoms with Crippen LogP contribution in [0.25, 0.3) is 11.2 Å². The number of aromatic amines is 1. The fourth-order valence-electron chi connectivity index (χ4n) is 2.54. The van der Waals surface area contributed by atoms with Crippen molar-refractivity contribution in [2.75, 3.05) is 10.2 Å². The standard InChI is InChI=1S/C11H14IN5O4/c1-16-3-17(8-5(16)9(20)15-11(13)14-8)10-7(19)6(18)4(2-12)21-10/h3-4,6-7,10,18-19H,2H2,1H3,(H2-,13,14,15,20)/p+1/t4-,6-,7-,10-/m1/s1. The van der Waals surface area contributed by atoms with Gasteiger partial charge >= 0.3 is 5.65 Å². The Morgan fingerprint density at radius 2 is 2.29 bits per heavy atom. The highest BCUT2D eigenvalue weighted by molar-refractivity contribution is 14.1. The summed E-state index contributed by atoms with van der Waals surface area (Å²) >= 11 is 2.08. The number of hydrogen-bond donors (Lipinski definition) is 4. The second kappa shape index (κ2) is 5.19. The molecule has 0 radical (unpaired) electrons. The van der Waals surface area contributed by atoms with Crippen LogP contribution in [0.1, 0.15) is 6.23 Å². The van der Waals surface area contributed by atoms with Gasteiger partial charge in [-0.15, -0.1) is 0 Å². The largest absolute Gasteiger partial charge is 0.387 e. The van der Waals surface area contributed by atoms with Gasteiger partial charge in [0.05, 0.1) is 13.2 Å². The van der Waals surface area contributed by atoms with Crippen molar-refractivity contribution >= 4 is 39.7 Å². The number of aromatic nitrogens is 4. The molecule has 10 heteroatoms. The van der Waals surface area contributed by atoms with Gasteiger partial charge in [-0.2, -0.15) is 0 Å². The van der Waals surface area contributed by atoms with Gasteiger partial charge in [0.25, 0.3) is 11.5 Å². The average Bonchev–Trinajstić information content (AvgIpc) is 2.89. The molecule has 9 nitrogen and oxygen atoms in total. The van der Waals surface area contributed by atoms with Gasteiger partial charge in [-0.3, -0.25) is 14.3 Å². The van der Waals surface area contributed by atoms with Gasteiger partial charge in [0.1, 0.15) is 12.2 Å². The predicted octanol–water partition coefficient (Wildman–Crippen LogP) is -1.81. The second-order valence-electron chi connectivity index (χ2n) is 4.96. The Balaban J connectivity index is 2.16. The molecule has 0 aliphatic carbocycles. The molecule has 3 heterocycles. The molecule has 0 bridgehead atoms. The number of nitrogens with two attached hydrogens (primary N) is 1. The highest BCUT2D eigenvalue weighted by atomic mass is 127. The third kappa shape index (κ3) is 2.22. The molecule has 1 aliphatic rings. The Morgan fingerprint density at radius 3 is 2.90 bits per heavy atom. The zero-order valence-corrected chi connectivity index (χ0v) is 13.3. The number of anilines is 1. The quantitative estimate of drug-likeness (QED) is 0.263. The van der Waals surface area contributed by atoms with Crippen molar-refractivity contribution in [2.24, 2.45) is 7.05 Å². The summed E-state index contributed by atoms with van der Waals surface area (Å²) in [5.41, 5.74) is 5.80. The molecule has 2 aromatic rings. The molecule has 21 heavy (non-hydrogen) atoms. The number of ether oxygens (including phenoxy) is 1. The lowest BCUT2D eigenvalue weighted by atomic mass is 10.1. The van der Waals surface area contributed by atoms with Crippen LogP contribution in [0.15, 0.2) is 11.1 Å². The number of H-pyrrole nitrogens is 1. The normalized spacial score (nSPS) is 29.3. The molecular weight excluding hydrogens is 393 g/mol. The lowest BCUT2D eigenvalue weighted by Crippen LogP contribution is -2.46. The summed E-state index contributed by atoms with van der Waals surface area (Å²) in [5, 5.41) is 20.1. The Morgan fingerprint density at radius 1 is 1.57 bits per heavy atom. The molecule has 0 saturated carbocycles. The number of aliphatic hydroxyl groups excluding tert-OH is 2. The van der Waals surface area contributed by atoms with Crippen LogP contribution in [0.2, 0.25) is 0 Å². The minimum absolute atomic E-state index is 0.0223. The Bertz CT molecular complexity index is 744. The summed E-state index contributed by atoms with van der Waals surface area (Å²) in [4.78, 5) is 18.5. The van der Waals surface area contributed by atoms with E-state index >= 15 is 0 Å². The highest BCUT2D eigenvalue weighted by Crippen LogP contribution is 2.27. The fourth-order valence-corrected chi connectivity index (χ4v) is 3.27. The first-order valence-corrected chi connectivity index (χ1v) is 7.80. The first kappa shape index (κ1) is 14.7. The van der Waals surface area contributed by atoms with E-state index in [1.807, 2.05) is 0 Å². The van der Waals surface area contributed by atoms with Gasteiger partial charge in [0.2, 0.25) is 11.7 Å². The van der Waals surface area contributed by atoms with Crippen molar-refractivity contribution in [1.82, 2.24) is 14.5 Å². The van der Waals surface area contributed by atoms with Crippen LogP contribution in [0.3, 0.4) is 0 Å². The molecule has 1 aliphatic heterocycles. The van der Waals surface area contributed by atoms with Crippen molar-refractivity contribution in [2.45, 2.75) is 24.5 Å². The number of imidazole rings is 1. The van der Waals surface area contributed by atoms with Crippen molar-refractivity contribution in [3.8, 4) is 0 Å². The smallest absolute Gasteiger partial charge is 0.313 e. The highest BCUT2D eigenvalue weighted by Gasteiger charge is 2.46. The Hall–Kier alpha value is -1.24. The van der Waals surface area contributed by atoms with E-state index in [2.05, 4.69) is 32.6 Å². The molecule has 114 valence electrons. The molecule has 1 fully saturated rings. The fraction of sp³-hybridized carbons (Fsp3) is 0.545. The topological polar surface area (TPSA) is 130 Å². The van der Waals surface area contributed by atoms with Gasteiger partial charge in [-0.05, 0) is 0 Å². The second-order valence-corrected chi connectivity index (χ2v) is 5.84. The molecule has 2 aromatic heterocycles. The summed E-state index contributed by atoms with van der Waals surface area (Å²) in [5.74, 6) is -0.0223. The monoisotopic (exact) mass is 408 g/mol. The van der Waals surface area contributed by atoms with Gasteiger partial charge < -0.3 is 20.7 Å². The van der Waals surface area contributed by atoms with E-state index in [-0.39, 0.29) is 11.5 Å². The number of aliphatic hydroxyl groups is 2. The summed E-state index contributed by atoms with van der Waals surface area (Å²) < 4.78 is 9.29. The number of nitrogens with zero attached hydrogens (tertiary/aromatic N) is 3. The number of halogens is 1. The SMILES string of the molecule is Cn1c[n+]([C@@H]2O[C@H](CI)[C@@H](O)[C@H]2O)c2nc(N)[nH]c(=O)c21. The minimum Gasteiger partial charge on any atom is -0.387 e. The summed E-state index contributed by atoms with van der Waals surface area (Å²) in [6.07, 6.45) is -1.82. The van der Waals surface area contributed by atoms with Crippen LogP contribution in [0.4, 0.5) is 5.95 Å². The number of hydrogen-bond acceptors (Lipinski definition) is 6. The van der Waals surface area contributed by atoms with Crippen molar-refractivity contribution < 1.29 is 19.5 Å². The first-order chi connectivity index (χ1) is 9.93. The Labute approximate surface area is 132 Å². The van der Waals surface area contributed by atoms with E-state index in [0.29, 0.717) is 15.6 Å². The van der Waals surface area contributed by atoms with Crippen LogP contribution in [0.5, 0.6) is 0 Å². The zero-order valence-electron chi connectivity index (χ0n) is 11.1. The number of nitrogens with one attached hydrogen (secondary N) is 1. The number of nitrogen functional groups attached to an aromatic ring is 1. The van der Waals surface area contributed by atoms with Crippen LogP contribution in [-0.4, -0.2) is 47.5 Å². The minimum atomic E-state index is -1.11.